The molecule has 1 saturated heterocycles. The molecule has 2 heteroatoms. The van der Waals surface area contributed by atoms with E-state index >= 15 is 0 Å². The molecule has 18 heavy (non-hydrogen) atoms. The number of hydrogen-bond donors (Lipinski definition) is 1. The summed E-state index contributed by atoms with van der Waals surface area (Å²) in [6.07, 6.45) is 4.22. The molecule has 1 aliphatic carbocycles. The summed E-state index contributed by atoms with van der Waals surface area (Å²) in [7, 11) is 0. The summed E-state index contributed by atoms with van der Waals surface area (Å²) in [6.45, 7) is 16.6. The number of piperidine rings is 1. The molecule has 2 bridgehead atoms. The quantitative estimate of drug-likeness (QED) is 0.770. The van der Waals surface area contributed by atoms with Gasteiger partial charge in [0.2, 0.25) is 0 Å². The highest BCUT2D eigenvalue weighted by Gasteiger charge is 2.38. The summed E-state index contributed by atoms with van der Waals surface area (Å²) in [5.41, 5.74) is 0.612. The van der Waals surface area contributed by atoms with Crippen LogP contribution in [0.2, 0.25) is 0 Å². The highest BCUT2D eigenvalue weighted by molar-refractivity contribution is 4.94. The highest BCUT2D eigenvalue weighted by Crippen LogP contribution is 2.37. The number of hydrogen-bond acceptors (Lipinski definition) is 2. The zero-order valence-corrected chi connectivity index (χ0v) is 13.2. The molecule has 106 valence electrons. The Balaban J connectivity index is 1.95. The molecular weight excluding hydrogens is 220 g/mol. The van der Waals surface area contributed by atoms with Crippen LogP contribution in [0.5, 0.6) is 0 Å². The van der Waals surface area contributed by atoms with E-state index < -0.39 is 0 Å². The summed E-state index contributed by atoms with van der Waals surface area (Å²) in [4.78, 5) is 2.71. The van der Waals surface area contributed by atoms with Gasteiger partial charge in [0, 0.05) is 30.2 Å². The minimum absolute atomic E-state index is 0.264. The number of rotatable bonds is 1. The topological polar surface area (TPSA) is 15.3 Å². The molecule has 0 aromatic carbocycles. The van der Waals surface area contributed by atoms with Gasteiger partial charge in [-0.2, -0.15) is 0 Å². The number of fused-ring (bicyclic) bond motifs is 2. The molecule has 1 saturated carbocycles. The number of nitrogens with zero attached hydrogens (tertiary/aromatic N) is 1. The molecule has 1 heterocycles. The van der Waals surface area contributed by atoms with Gasteiger partial charge in [0.05, 0.1) is 0 Å². The van der Waals surface area contributed by atoms with Crippen LogP contribution >= 0.6 is 0 Å². The molecule has 2 unspecified atom stereocenters. The summed E-state index contributed by atoms with van der Waals surface area (Å²) in [6, 6.07) is 0.746. The van der Waals surface area contributed by atoms with Crippen molar-refractivity contribution in [2.45, 2.75) is 77.9 Å². The second-order valence-electron chi connectivity index (χ2n) is 8.61. The maximum Gasteiger partial charge on any atom is 0.0125 e. The second kappa shape index (κ2) is 4.79. The van der Waals surface area contributed by atoms with Crippen molar-refractivity contribution in [3.8, 4) is 0 Å². The first kappa shape index (κ1) is 14.3. The Kier molecular flexibility index (Phi) is 3.81. The van der Waals surface area contributed by atoms with Crippen LogP contribution in [0.4, 0.5) is 0 Å². The first-order chi connectivity index (χ1) is 8.13. The van der Waals surface area contributed by atoms with Gasteiger partial charge in [-0.3, -0.25) is 4.90 Å². The molecule has 0 aromatic rings. The Bertz CT molecular complexity index is 270. The van der Waals surface area contributed by atoms with Crippen molar-refractivity contribution in [3.63, 3.8) is 0 Å². The SMILES string of the molecule is CC(C)(C)NC1CC2CC(C1)CN(C(C)(C)C)C2. The summed E-state index contributed by atoms with van der Waals surface area (Å²) in [5, 5.41) is 3.82. The average Bonchev–Trinajstić information content (AvgIpc) is 2.11. The zero-order valence-electron chi connectivity index (χ0n) is 13.2. The van der Waals surface area contributed by atoms with Gasteiger partial charge in [-0.15, -0.1) is 0 Å². The molecule has 0 radical (unpaired) electrons. The van der Waals surface area contributed by atoms with Crippen molar-refractivity contribution < 1.29 is 0 Å². The molecule has 2 fully saturated rings. The van der Waals surface area contributed by atoms with Gasteiger partial charge in [0.1, 0.15) is 0 Å². The Morgan fingerprint density at radius 3 is 1.72 bits per heavy atom. The van der Waals surface area contributed by atoms with Gasteiger partial charge in [0.15, 0.2) is 0 Å². The first-order valence-corrected chi connectivity index (χ1v) is 7.66. The third-order valence-corrected chi connectivity index (χ3v) is 4.45. The van der Waals surface area contributed by atoms with Crippen LogP contribution in [-0.4, -0.2) is 35.1 Å². The van der Waals surface area contributed by atoms with E-state index in [4.69, 9.17) is 0 Å². The third kappa shape index (κ3) is 3.71. The van der Waals surface area contributed by atoms with E-state index in [9.17, 15) is 0 Å². The van der Waals surface area contributed by atoms with Crippen LogP contribution in [0.25, 0.3) is 0 Å². The molecular formula is C16H32N2. The number of nitrogens with one attached hydrogen (secondary N) is 1. The monoisotopic (exact) mass is 252 g/mol. The van der Waals surface area contributed by atoms with Crippen LogP contribution in [0.3, 0.4) is 0 Å². The highest BCUT2D eigenvalue weighted by atomic mass is 15.2. The van der Waals surface area contributed by atoms with Crippen molar-refractivity contribution in [3.05, 3.63) is 0 Å². The largest absolute Gasteiger partial charge is 0.309 e. The van der Waals surface area contributed by atoms with Gasteiger partial charge >= 0.3 is 0 Å². The van der Waals surface area contributed by atoms with E-state index in [0.717, 1.165) is 17.9 Å². The maximum absolute atomic E-state index is 3.82. The third-order valence-electron chi connectivity index (χ3n) is 4.45. The lowest BCUT2D eigenvalue weighted by molar-refractivity contribution is 0.0106. The molecule has 0 amide bonds. The Labute approximate surface area is 114 Å². The van der Waals surface area contributed by atoms with Crippen LogP contribution in [0.15, 0.2) is 0 Å². The van der Waals surface area contributed by atoms with Crippen molar-refractivity contribution in [2.75, 3.05) is 13.1 Å². The van der Waals surface area contributed by atoms with Crippen LogP contribution in [-0.2, 0) is 0 Å². The van der Waals surface area contributed by atoms with Gasteiger partial charge in [-0.1, -0.05) is 0 Å². The lowest BCUT2D eigenvalue weighted by atomic mass is 9.74. The van der Waals surface area contributed by atoms with E-state index in [1.165, 1.54) is 32.4 Å². The van der Waals surface area contributed by atoms with Gasteiger partial charge in [-0.05, 0) is 72.6 Å². The van der Waals surface area contributed by atoms with Gasteiger partial charge < -0.3 is 5.32 Å². The fourth-order valence-corrected chi connectivity index (χ4v) is 3.84. The Hall–Kier alpha value is -0.0800. The van der Waals surface area contributed by atoms with Crippen LogP contribution in [0.1, 0.15) is 60.8 Å². The molecule has 1 aliphatic heterocycles. The van der Waals surface area contributed by atoms with Crippen molar-refractivity contribution in [1.29, 1.82) is 0 Å². The van der Waals surface area contributed by atoms with Gasteiger partial charge in [0.25, 0.3) is 0 Å². The minimum Gasteiger partial charge on any atom is -0.309 e. The molecule has 2 atom stereocenters. The summed E-state index contributed by atoms with van der Waals surface area (Å²) >= 11 is 0. The molecule has 1 N–H and O–H groups in total. The molecule has 0 spiro atoms. The predicted octanol–water partition coefficient (Wildman–Crippen LogP) is 3.27. The fourth-order valence-electron chi connectivity index (χ4n) is 3.84. The molecule has 2 rings (SSSR count). The number of likely N-dealkylation sites (tertiary alicyclic amines) is 1. The molecule has 2 nitrogen and oxygen atoms in total. The van der Waals surface area contributed by atoms with E-state index in [0.29, 0.717) is 5.54 Å². The van der Waals surface area contributed by atoms with Crippen molar-refractivity contribution >= 4 is 0 Å². The smallest absolute Gasteiger partial charge is 0.0125 e. The van der Waals surface area contributed by atoms with Crippen molar-refractivity contribution in [2.24, 2.45) is 11.8 Å². The fraction of sp³-hybridized carbons (Fsp3) is 1.00. The van der Waals surface area contributed by atoms with Crippen LogP contribution < -0.4 is 5.32 Å². The normalized spacial score (nSPS) is 34.7. The first-order valence-electron chi connectivity index (χ1n) is 7.66. The van der Waals surface area contributed by atoms with E-state index in [1.807, 2.05) is 0 Å². The van der Waals surface area contributed by atoms with E-state index in [-0.39, 0.29) is 5.54 Å². The lowest BCUT2D eigenvalue weighted by Gasteiger charge is -2.50. The van der Waals surface area contributed by atoms with Crippen LogP contribution in [0, 0.1) is 11.8 Å². The predicted molar refractivity (Wildman–Crippen MR) is 78.8 cm³/mol. The van der Waals surface area contributed by atoms with Gasteiger partial charge in [-0.25, -0.2) is 0 Å². The second-order valence-corrected chi connectivity index (χ2v) is 8.61. The Morgan fingerprint density at radius 2 is 1.33 bits per heavy atom. The lowest BCUT2D eigenvalue weighted by Crippen LogP contribution is -2.56. The molecule has 2 aliphatic rings. The van der Waals surface area contributed by atoms with Crippen molar-refractivity contribution in [1.82, 2.24) is 10.2 Å². The van der Waals surface area contributed by atoms with E-state index in [2.05, 4.69) is 51.8 Å². The average molecular weight is 252 g/mol. The molecule has 0 aromatic heterocycles. The summed E-state index contributed by atoms with van der Waals surface area (Å²) in [5.74, 6) is 1.83. The Morgan fingerprint density at radius 1 is 0.833 bits per heavy atom. The minimum atomic E-state index is 0.264. The standard InChI is InChI=1S/C16H32N2/c1-15(2,3)17-14-8-12-7-13(9-14)11-18(10-12)16(4,5)6/h12-14,17H,7-11H2,1-6H3. The summed E-state index contributed by atoms with van der Waals surface area (Å²) < 4.78 is 0. The maximum atomic E-state index is 3.82. The zero-order chi connectivity index (χ0) is 13.6. The van der Waals surface area contributed by atoms with E-state index in [1.54, 1.807) is 0 Å².